The summed E-state index contributed by atoms with van der Waals surface area (Å²) >= 11 is 5.36. The van der Waals surface area contributed by atoms with E-state index in [1.807, 2.05) is 0 Å². The van der Waals surface area contributed by atoms with E-state index in [1.54, 1.807) is 0 Å². The number of hydrogen-bond acceptors (Lipinski definition) is 3. The molecule has 0 N–H and O–H groups in total. The zero-order chi connectivity index (χ0) is 11.8. The number of esters is 1. The molecule has 0 aromatic heterocycles. The lowest BCUT2D eigenvalue weighted by Gasteiger charge is -2.28. The predicted octanol–water partition coefficient (Wildman–Crippen LogP) is 2.57. The van der Waals surface area contributed by atoms with Crippen LogP contribution in [0.4, 0.5) is 0 Å². The first kappa shape index (κ1) is 11.8. The zero-order valence-corrected chi connectivity index (χ0v) is 10.7. The van der Waals surface area contributed by atoms with Crippen LogP contribution in [0, 0.1) is 23.7 Å². The highest BCUT2D eigenvalue weighted by Crippen LogP contribution is 2.59. The van der Waals surface area contributed by atoms with Crippen molar-refractivity contribution < 1.29 is 14.3 Å². The molecule has 0 amide bonds. The number of hydrogen-bond donors (Lipinski definition) is 0. The molecule has 0 aromatic carbocycles. The van der Waals surface area contributed by atoms with Gasteiger partial charge in [0.15, 0.2) is 6.79 Å². The van der Waals surface area contributed by atoms with Crippen LogP contribution in [-0.4, -0.2) is 24.7 Å². The van der Waals surface area contributed by atoms with Crippen molar-refractivity contribution in [1.82, 2.24) is 0 Å². The van der Waals surface area contributed by atoms with Gasteiger partial charge in [0.1, 0.15) is 5.88 Å². The highest BCUT2D eigenvalue weighted by atomic mass is 35.5. The van der Waals surface area contributed by atoms with Crippen molar-refractivity contribution in [3.63, 3.8) is 0 Å². The fraction of sp³-hybridized carbons (Fsp3) is 0.923. The predicted molar refractivity (Wildman–Crippen MR) is 63.6 cm³/mol. The van der Waals surface area contributed by atoms with Gasteiger partial charge in [-0.05, 0) is 55.8 Å². The lowest BCUT2D eigenvalue weighted by molar-refractivity contribution is -0.160. The molecule has 3 nitrogen and oxygen atoms in total. The van der Waals surface area contributed by atoms with E-state index in [0.29, 0.717) is 6.10 Å². The van der Waals surface area contributed by atoms with Crippen LogP contribution in [0.15, 0.2) is 0 Å². The summed E-state index contributed by atoms with van der Waals surface area (Å²) in [5, 5.41) is 0. The molecule has 0 aromatic rings. The molecule has 0 heterocycles. The molecule has 5 unspecified atom stereocenters. The van der Waals surface area contributed by atoms with Gasteiger partial charge in [-0.15, -0.1) is 11.6 Å². The van der Waals surface area contributed by atoms with Crippen LogP contribution in [0.5, 0.6) is 0 Å². The Morgan fingerprint density at radius 2 is 2.00 bits per heavy atom. The summed E-state index contributed by atoms with van der Waals surface area (Å²) in [7, 11) is 0. The van der Waals surface area contributed by atoms with Crippen LogP contribution in [-0.2, 0) is 14.3 Å². The summed E-state index contributed by atoms with van der Waals surface area (Å²) in [4.78, 5) is 10.9. The van der Waals surface area contributed by atoms with Crippen LogP contribution < -0.4 is 0 Å². The standard InChI is InChI=1S/C13H19ClO3/c14-6-12(15)17-7-16-11-4-3-10-8-1-2-9(5-8)13(10)11/h8-11,13H,1-7H2. The molecule has 0 saturated heterocycles. The molecule has 4 heteroatoms. The number of carbonyl (C=O) groups is 1. The SMILES string of the molecule is O=C(CCl)OCOC1CCC2C3CCC(C3)C12. The molecule has 3 fully saturated rings. The number of fused-ring (bicyclic) bond motifs is 5. The van der Waals surface area contributed by atoms with E-state index in [1.165, 1.54) is 25.7 Å². The number of carbonyl (C=O) groups excluding carboxylic acids is 1. The highest BCUT2D eigenvalue weighted by Gasteiger charge is 2.53. The Morgan fingerprint density at radius 3 is 2.82 bits per heavy atom. The van der Waals surface area contributed by atoms with Crippen LogP contribution >= 0.6 is 11.6 Å². The Kier molecular flexibility index (Phi) is 3.31. The van der Waals surface area contributed by atoms with Crippen molar-refractivity contribution in [3.8, 4) is 0 Å². The minimum absolute atomic E-state index is 0.0802. The normalized spacial score (nSPS) is 42.8. The monoisotopic (exact) mass is 258 g/mol. The maximum Gasteiger partial charge on any atom is 0.322 e. The molecule has 0 spiro atoms. The summed E-state index contributed by atoms with van der Waals surface area (Å²) in [6.07, 6.45) is 6.99. The molecule has 3 aliphatic rings. The number of rotatable bonds is 4. The lowest BCUT2D eigenvalue weighted by Crippen LogP contribution is -2.28. The fourth-order valence-corrected chi connectivity index (χ4v) is 4.51. The van der Waals surface area contributed by atoms with E-state index in [2.05, 4.69) is 0 Å². The van der Waals surface area contributed by atoms with Crippen molar-refractivity contribution in [2.24, 2.45) is 23.7 Å². The molecule has 0 aliphatic heterocycles. The molecule has 17 heavy (non-hydrogen) atoms. The van der Waals surface area contributed by atoms with E-state index in [0.717, 1.165) is 30.1 Å². The second-order valence-corrected chi connectivity index (χ2v) is 5.89. The zero-order valence-electron chi connectivity index (χ0n) is 9.94. The molecule has 0 radical (unpaired) electrons. The van der Waals surface area contributed by atoms with Gasteiger partial charge < -0.3 is 9.47 Å². The van der Waals surface area contributed by atoms with Gasteiger partial charge in [-0.25, -0.2) is 0 Å². The number of ether oxygens (including phenoxy) is 2. The fourth-order valence-electron chi connectivity index (χ4n) is 4.43. The van der Waals surface area contributed by atoms with Crippen LogP contribution in [0.3, 0.4) is 0 Å². The lowest BCUT2D eigenvalue weighted by atomic mass is 9.81. The van der Waals surface area contributed by atoms with Gasteiger partial charge in [0.25, 0.3) is 0 Å². The van der Waals surface area contributed by atoms with E-state index in [9.17, 15) is 4.79 Å². The van der Waals surface area contributed by atoms with E-state index >= 15 is 0 Å². The van der Waals surface area contributed by atoms with Gasteiger partial charge in [-0.1, -0.05) is 0 Å². The van der Waals surface area contributed by atoms with E-state index in [-0.39, 0.29) is 12.7 Å². The smallest absolute Gasteiger partial charge is 0.322 e. The van der Waals surface area contributed by atoms with Gasteiger partial charge in [0, 0.05) is 0 Å². The Balaban J connectivity index is 1.50. The van der Waals surface area contributed by atoms with Gasteiger partial charge in [-0.2, -0.15) is 0 Å². The summed E-state index contributed by atoms with van der Waals surface area (Å²) in [5.74, 6) is 2.98. The Morgan fingerprint density at radius 1 is 1.18 bits per heavy atom. The molecule has 3 aliphatic carbocycles. The quantitative estimate of drug-likeness (QED) is 0.442. The largest absolute Gasteiger partial charge is 0.438 e. The van der Waals surface area contributed by atoms with Gasteiger partial charge in [-0.3, -0.25) is 4.79 Å². The third-order valence-electron chi connectivity index (χ3n) is 4.98. The van der Waals surface area contributed by atoms with Crippen molar-refractivity contribution in [3.05, 3.63) is 0 Å². The first-order valence-electron chi connectivity index (χ1n) is 6.62. The summed E-state index contributed by atoms with van der Waals surface area (Å²) in [5.41, 5.74) is 0. The Hall–Kier alpha value is -0.280. The second-order valence-electron chi connectivity index (χ2n) is 5.62. The summed E-state index contributed by atoms with van der Waals surface area (Å²) in [6.45, 7) is 0.0802. The van der Waals surface area contributed by atoms with Crippen molar-refractivity contribution in [1.29, 1.82) is 0 Å². The molecular formula is C13H19ClO3. The van der Waals surface area contributed by atoms with Crippen molar-refractivity contribution in [2.45, 2.75) is 38.2 Å². The average Bonchev–Trinajstić information content (AvgIpc) is 3.00. The molecular weight excluding hydrogens is 240 g/mol. The minimum Gasteiger partial charge on any atom is -0.438 e. The second kappa shape index (κ2) is 4.77. The first-order chi connectivity index (χ1) is 8.29. The van der Waals surface area contributed by atoms with Crippen molar-refractivity contribution in [2.75, 3.05) is 12.7 Å². The molecule has 96 valence electrons. The first-order valence-corrected chi connectivity index (χ1v) is 7.16. The van der Waals surface area contributed by atoms with Gasteiger partial charge in [0.05, 0.1) is 6.10 Å². The molecule has 2 bridgehead atoms. The Bertz CT molecular complexity index is 307. The topological polar surface area (TPSA) is 35.5 Å². The van der Waals surface area contributed by atoms with Crippen LogP contribution in [0.2, 0.25) is 0 Å². The third-order valence-corrected chi connectivity index (χ3v) is 5.20. The molecule has 3 rings (SSSR count). The van der Waals surface area contributed by atoms with Crippen molar-refractivity contribution >= 4 is 17.6 Å². The number of alkyl halides is 1. The highest BCUT2D eigenvalue weighted by molar-refractivity contribution is 6.26. The summed E-state index contributed by atoms with van der Waals surface area (Å²) < 4.78 is 10.6. The summed E-state index contributed by atoms with van der Waals surface area (Å²) in [6, 6.07) is 0. The molecule has 3 saturated carbocycles. The van der Waals surface area contributed by atoms with Crippen LogP contribution in [0.25, 0.3) is 0 Å². The maximum absolute atomic E-state index is 10.9. The van der Waals surface area contributed by atoms with Gasteiger partial charge in [0.2, 0.25) is 0 Å². The minimum atomic E-state index is -0.394. The molecule has 5 atom stereocenters. The number of halogens is 1. The average molecular weight is 259 g/mol. The van der Waals surface area contributed by atoms with Crippen LogP contribution in [0.1, 0.15) is 32.1 Å². The van der Waals surface area contributed by atoms with E-state index in [4.69, 9.17) is 21.1 Å². The van der Waals surface area contributed by atoms with Gasteiger partial charge >= 0.3 is 5.97 Å². The third kappa shape index (κ3) is 2.08. The van der Waals surface area contributed by atoms with E-state index < -0.39 is 5.97 Å². The Labute approximate surface area is 107 Å². The maximum atomic E-state index is 10.9.